The number of carbonyl (C=O) groups excluding carboxylic acids is 1. The maximum atomic E-state index is 11.6. The topological polar surface area (TPSA) is 82.3 Å². The fraction of sp³-hybridized carbons (Fsp3) is 0.476. The summed E-state index contributed by atoms with van der Waals surface area (Å²) in [6.45, 7) is 12.3. The van der Waals surface area contributed by atoms with Crippen LogP contribution in [0, 0.1) is 0 Å². The van der Waals surface area contributed by atoms with Crippen LogP contribution in [0.2, 0.25) is 18.1 Å². The van der Waals surface area contributed by atoms with Crippen LogP contribution >= 0.6 is 0 Å². The van der Waals surface area contributed by atoms with Crippen LogP contribution in [-0.4, -0.2) is 38.4 Å². The highest BCUT2D eigenvalue weighted by Gasteiger charge is 2.37. The molecule has 0 saturated carbocycles. The molecule has 0 unspecified atom stereocenters. The number of hydrogen-bond acceptors (Lipinski definition) is 6. The van der Waals surface area contributed by atoms with Gasteiger partial charge in [0.15, 0.2) is 19.9 Å². The summed E-state index contributed by atoms with van der Waals surface area (Å²) >= 11 is 0. The molecule has 0 radical (unpaired) electrons. The Balaban J connectivity index is 1.98. The number of ketones is 1. The summed E-state index contributed by atoms with van der Waals surface area (Å²) in [5, 5.41) is 0. The van der Waals surface area contributed by atoms with Crippen LogP contribution in [0.3, 0.4) is 0 Å². The van der Waals surface area contributed by atoms with Gasteiger partial charge in [0.2, 0.25) is 5.78 Å². The van der Waals surface area contributed by atoms with E-state index in [0.717, 1.165) is 29.5 Å². The number of rotatable bonds is 8. The van der Waals surface area contributed by atoms with E-state index < -0.39 is 13.9 Å². The summed E-state index contributed by atoms with van der Waals surface area (Å²) in [4.78, 5) is 29.2. The molecule has 0 N–H and O–H groups in total. The summed E-state index contributed by atoms with van der Waals surface area (Å²) in [6, 6.07) is 7.01. The Morgan fingerprint density at radius 1 is 1.10 bits per heavy atom. The lowest BCUT2D eigenvalue weighted by Crippen LogP contribution is -2.43. The minimum absolute atomic E-state index is 0.171. The fourth-order valence-electron chi connectivity index (χ4n) is 3.63. The van der Waals surface area contributed by atoms with Gasteiger partial charge in [-0.25, -0.2) is 19.9 Å². The van der Waals surface area contributed by atoms with Gasteiger partial charge in [-0.1, -0.05) is 20.8 Å². The molecule has 0 aliphatic heterocycles. The molecule has 0 spiro atoms. The summed E-state index contributed by atoms with van der Waals surface area (Å²) < 4.78 is 8.59. The van der Waals surface area contributed by atoms with Crippen LogP contribution in [0.4, 0.5) is 0 Å². The smallest absolute Gasteiger partial charge is 0.234 e. The van der Waals surface area contributed by atoms with E-state index in [1.807, 2.05) is 16.7 Å². The molecule has 3 aromatic rings. The second-order valence-corrected chi connectivity index (χ2v) is 12.5. The number of Topliss-reactive ketones (excluding diaryl/α,β-unsaturated/α-hetero) is 1. The average molecular weight is 412 g/mol. The fourth-order valence-corrected chi connectivity index (χ4v) is 6.75. The molecule has 0 amide bonds. The third kappa shape index (κ3) is 4.13. The monoisotopic (exact) mass is 411 g/mol. The van der Waals surface area contributed by atoms with Crippen molar-refractivity contribution < 1.29 is 9.22 Å². The molecule has 0 aliphatic carbocycles. The van der Waals surface area contributed by atoms with Crippen molar-refractivity contribution in [2.75, 3.05) is 0 Å². The molecule has 29 heavy (non-hydrogen) atoms. The minimum atomic E-state index is -1.78. The Kier molecular flexibility index (Phi) is 5.95. The molecular weight excluding hydrogens is 382 g/mol. The zero-order valence-electron chi connectivity index (χ0n) is 18.1. The molecule has 3 aromatic heterocycles. The first kappa shape index (κ1) is 21.3. The van der Waals surface area contributed by atoms with Gasteiger partial charge in [0.25, 0.3) is 0 Å². The van der Waals surface area contributed by atoms with E-state index in [2.05, 4.69) is 49.6 Å². The number of carbonyl (C=O) groups is 1. The Morgan fingerprint density at radius 3 is 2.41 bits per heavy atom. The summed E-state index contributed by atoms with van der Waals surface area (Å²) in [5.41, 5.74) is 1.78. The molecule has 0 atom stereocenters. The number of nitrogens with zero attached hydrogens (tertiary/aromatic N) is 5. The Hall–Kier alpha value is -2.45. The van der Waals surface area contributed by atoms with Gasteiger partial charge < -0.3 is 4.43 Å². The zero-order chi connectivity index (χ0) is 21.2. The van der Waals surface area contributed by atoms with Crippen LogP contribution in [0.5, 0.6) is 0 Å². The molecule has 0 saturated heterocycles. The lowest BCUT2D eigenvalue weighted by Gasteiger charge is -2.37. The Morgan fingerprint density at radius 2 is 1.79 bits per heavy atom. The predicted octanol–water partition coefficient (Wildman–Crippen LogP) is 4.65. The van der Waals surface area contributed by atoms with Crippen molar-refractivity contribution >= 4 is 19.9 Å². The van der Waals surface area contributed by atoms with E-state index in [0.29, 0.717) is 11.5 Å². The van der Waals surface area contributed by atoms with E-state index in [-0.39, 0.29) is 11.6 Å². The molecule has 0 aromatic carbocycles. The van der Waals surface area contributed by atoms with Crippen LogP contribution in [-0.2, 0) is 10.0 Å². The third-order valence-corrected chi connectivity index (χ3v) is 10.4. The van der Waals surface area contributed by atoms with Crippen molar-refractivity contribution in [1.82, 2.24) is 24.3 Å². The lowest BCUT2D eigenvalue weighted by molar-refractivity contribution is 0.0894. The van der Waals surface area contributed by atoms with Crippen LogP contribution in [0.1, 0.15) is 57.9 Å². The molecule has 0 fully saturated rings. The molecule has 0 bridgehead atoms. The number of imidazole rings is 1. The highest BCUT2D eigenvalue weighted by molar-refractivity contribution is 6.73. The van der Waals surface area contributed by atoms with Gasteiger partial charge in [0, 0.05) is 19.3 Å². The normalized spacial score (nSPS) is 12.5. The predicted molar refractivity (Wildman–Crippen MR) is 115 cm³/mol. The molecule has 3 heterocycles. The molecule has 8 heteroatoms. The van der Waals surface area contributed by atoms with Gasteiger partial charge in [-0.3, -0.25) is 9.20 Å². The van der Waals surface area contributed by atoms with Crippen molar-refractivity contribution in [2.24, 2.45) is 0 Å². The van der Waals surface area contributed by atoms with E-state index >= 15 is 0 Å². The Bertz CT molecular complexity index is 1020. The average Bonchev–Trinajstić information content (AvgIpc) is 3.15. The Labute approximate surface area is 172 Å². The largest absolute Gasteiger partial charge is 0.406 e. The van der Waals surface area contributed by atoms with Crippen molar-refractivity contribution in [3.8, 4) is 11.4 Å². The van der Waals surface area contributed by atoms with Gasteiger partial charge >= 0.3 is 0 Å². The van der Waals surface area contributed by atoms with Crippen molar-refractivity contribution in [3.63, 3.8) is 0 Å². The standard InChI is InChI=1S/C21H29N5O2Si/c1-7-29(8-2,9-3)28-21(5,6)18-11-13-26-17(14-23-20(26)25-18)16-10-12-22-19(24-16)15(4)27/h10-14H,7-9H2,1-6H3. The van der Waals surface area contributed by atoms with Gasteiger partial charge in [-0.15, -0.1) is 0 Å². The highest BCUT2D eigenvalue weighted by Crippen LogP contribution is 2.33. The first-order valence-electron chi connectivity index (χ1n) is 10.1. The van der Waals surface area contributed by atoms with Gasteiger partial charge in [0.05, 0.1) is 28.9 Å². The number of hydrogen-bond donors (Lipinski definition) is 0. The molecule has 154 valence electrons. The molecule has 3 rings (SSSR count). The maximum Gasteiger partial charge on any atom is 0.234 e. The van der Waals surface area contributed by atoms with Gasteiger partial charge in [-0.05, 0) is 44.1 Å². The second-order valence-electron chi connectivity index (χ2n) is 7.80. The molecule has 7 nitrogen and oxygen atoms in total. The van der Waals surface area contributed by atoms with E-state index in [9.17, 15) is 4.79 Å². The summed E-state index contributed by atoms with van der Waals surface area (Å²) in [6.07, 6.45) is 5.24. The van der Waals surface area contributed by atoms with E-state index in [1.165, 1.54) is 6.92 Å². The lowest BCUT2D eigenvalue weighted by atomic mass is 10.1. The summed E-state index contributed by atoms with van der Waals surface area (Å²) in [7, 11) is -1.78. The SMILES string of the molecule is CC[Si](CC)(CC)OC(C)(C)c1ccn2c(-c3ccnc(C(C)=O)n3)cnc2n1. The van der Waals surface area contributed by atoms with Crippen molar-refractivity contribution in [3.05, 3.63) is 42.2 Å². The third-order valence-electron chi connectivity index (χ3n) is 5.63. The minimum Gasteiger partial charge on any atom is -0.406 e. The van der Waals surface area contributed by atoms with Gasteiger partial charge in [0.1, 0.15) is 0 Å². The van der Waals surface area contributed by atoms with E-state index in [1.54, 1.807) is 18.5 Å². The summed E-state index contributed by atoms with van der Waals surface area (Å²) in [5.74, 6) is 0.598. The van der Waals surface area contributed by atoms with Crippen LogP contribution < -0.4 is 0 Å². The number of aromatic nitrogens is 5. The first-order valence-corrected chi connectivity index (χ1v) is 12.7. The van der Waals surface area contributed by atoms with Crippen LogP contribution in [0.15, 0.2) is 30.7 Å². The highest BCUT2D eigenvalue weighted by atomic mass is 28.4. The van der Waals surface area contributed by atoms with Crippen LogP contribution in [0.25, 0.3) is 17.2 Å². The van der Waals surface area contributed by atoms with Crippen molar-refractivity contribution in [1.29, 1.82) is 0 Å². The van der Waals surface area contributed by atoms with Gasteiger partial charge in [-0.2, -0.15) is 0 Å². The van der Waals surface area contributed by atoms with Crippen molar-refractivity contribution in [2.45, 2.75) is 65.3 Å². The first-order chi connectivity index (χ1) is 13.7. The maximum absolute atomic E-state index is 11.6. The second kappa shape index (κ2) is 8.12. The number of fused-ring (bicyclic) bond motifs is 1. The molecular formula is C21H29N5O2Si. The quantitative estimate of drug-likeness (QED) is 0.396. The molecule has 0 aliphatic rings. The van der Waals surface area contributed by atoms with E-state index in [4.69, 9.17) is 9.41 Å². The zero-order valence-corrected chi connectivity index (χ0v) is 19.1.